The summed E-state index contributed by atoms with van der Waals surface area (Å²) in [6.45, 7) is 12.9. The van der Waals surface area contributed by atoms with Crippen LogP contribution >= 0.6 is 0 Å². The molecule has 0 bridgehead atoms. The topological polar surface area (TPSA) is 88.0 Å². The first-order chi connectivity index (χ1) is 31.4. The van der Waals surface area contributed by atoms with Crippen molar-refractivity contribution < 1.29 is 19.0 Å². The number of rotatable bonds is 16. The van der Waals surface area contributed by atoms with E-state index in [2.05, 4.69) is 139 Å². The third-order valence-corrected chi connectivity index (χ3v) is 14.2. The second-order valence-electron chi connectivity index (χ2n) is 19.3. The van der Waals surface area contributed by atoms with Gasteiger partial charge in [0.1, 0.15) is 7.05 Å². The molecule has 4 aliphatic rings. The van der Waals surface area contributed by atoms with Gasteiger partial charge in [-0.2, -0.15) is 4.58 Å². The van der Waals surface area contributed by atoms with Gasteiger partial charge in [-0.15, -0.1) is 0 Å². The van der Waals surface area contributed by atoms with E-state index >= 15 is 0 Å². The Morgan fingerprint density at radius 1 is 0.754 bits per heavy atom. The number of carbonyl (C=O) groups excluding carboxylic acids is 3. The second kappa shape index (κ2) is 20.0. The van der Waals surface area contributed by atoms with Gasteiger partial charge in [0.25, 0.3) is 5.91 Å². The predicted octanol–water partition coefficient (Wildman–Crippen LogP) is 11.0. The van der Waals surface area contributed by atoms with E-state index in [4.69, 9.17) is 0 Å². The van der Waals surface area contributed by atoms with E-state index in [0.29, 0.717) is 41.5 Å². The smallest absolute Gasteiger partial charge is 0.257 e. The lowest BCUT2D eigenvalue weighted by molar-refractivity contribution is -0.401. The van der Waals surface area contributed by atoms with E-state index < -0.39 is 0 Å². The number of nitrogens with one attached hydrogen (secondary N) is 2. The molecule has 2 N–H and O–H groups in total. The van der Waals surface area contributed by atoms with Crippen molar-refractivity contribution >= 4 is 51.9 Å². The van der Waals surface area contributed by atoms with Crippen molar-refractivity contribution in [3.8, 4) is 0 Å². The minimum Gasteiger partial charge on any atom is -0.356 e. The molecule has 0 unspecified atom stereocenters. The van der Waals surface area contributed by atoms with Crippen LogP contribution in [0.2, 0.25) is 0 Å². The van der Waals surface area contributed by atoms with Crippen molar-refractivity contribution in [3.05, 3.63) is 150 Å². The number of allylic oxidation sites excluding steroid dienone is 6. The number of hydrogen-bond acceptors (Lipinski definition) is 5. The Kier molecular flexibility index (Phi) is 14.0. The summed E-state index contributed by atoms with van der Waals surface area (Å²) in [6, 6.07) is 32.3. The predicted molar refractivity (Wildman–Crippen MR) is 266 cm³/mol. The third kappa shape index (κ3) is 9.81. The highest BCUT2D eigenvalue weighted by Crippen LogP contribution is 2.48. The van der Waals surface area contributed by atoms with Crippen molar-refractivity contribution in [2.75, 3.05) is 54.9 Å². The highest BCUT2D eigenvalue weighted by atomic mass is 16.2. The van der Waals surface area contributed by atoms with Crippen LogP contribution < -0.4 is 20.4 Å². The van der Waals surface area contributed by atoms with Gasteiger partial charge in [-0.25, -0.2) is 0 Å². The average molecular weight is 872 g/mol. The standard InChI is InChI=1S/C56H66N6O3/c1-55(2)43-24-12-16-28-47(43)59(5)50(55)31-8-6-9-32-51-56(3,4)44-25-13-17-29-48(44)61(51)37-21-7-10-33-52(63)57-36-20-19-22-41-34-38-60(39-35-41)40-53(64)62-46-27-15-11-23-42(46)54(65)58-45-26-14-18-30-49(45)62/h6,8-9,11-18,23-32,41H,7,10,19-22,33-40H2,1-5H3,(H-,57,58,63,65)/p+1. The number of nitrogens with zero attached hydrogens (tertiary/aromatic N) is 4. The zero-order chi connectivity index (χ0) is 45.6. The van der Waals surface area contributed by atoms with E-state index in [1.165, 1.54) is 33.9 Å². The minimum absolute atomic E-state index is 0.0328. The molecule has 65 heavy (non-hydrogen) atoms. The normalized spacial score (nSPS) is 18.5. The third-order valence-electron chi connectivity index (χ3n) is 14.2. The second-order valence-corrected chi connectivity index (χ2v) is 19.3. The molecule has 338 valence electrons. The van der Waals surface area contributed by atoms with Gasteiger partial charge in [0.05, 0.1) is 34.6 Å². The Bertz CT molecular complexity index is 2520. The molecule has 0 atom stereocenters. The van der Waals surface area contributed by atoms with E-state index in [9.17, 15) is 14.4 Å². The van der Waals surface area contributed by atoms with Crippen molar-refractivity contribution in [3.63, 3.8) is 0 Å². The lowest BCUT2D eigenvalue weighted by atomic mass is 9.81. The molecule has 0 spiro atoms. The Hall–Kier alpha value is -6.06. The molecule has 4 aromatic carbocycles. The summed E-state index contributed by atoms with van der Waals surface area (Å²) in [6.07, 6.45) is 19.8. The van der Waals surface area contributed by atoms with Gasteiger partial charge in [0.15, 0.2) is 5.71 Å². The van der Waals surface area contributed by atoms with Gasteiger partial charge in [-0.3, -0.25) is 24.2 Å². The number of hydrogen-bond donors (Lipinski definition) is 2. The van der Waals surface area contributed by atoms with Crippen molar-refractivity contribution in [2.24, 2.45) is 5.92 Å². The van der Waals surface area contributed by atoms with Gasteiger partial charge >= 0.3 is 0 Å². The first-order valence-electron chi connectivity index (χ1n) is 23.9. The van der Waals surface area contributed by atoms with Crippen LogP contribution in [-0.4, -0.2) is 72.7 Å². The van der Waals surface area contributed by atoms with E-state index in [1.807, 2.05) is 42.5 Å². The molecule has 1 fully saturated rings. The number of amides is 3. The van der Waals surface area contributed by atoms with Crippen molar-refractivity contribution in [1.29, 1.82) is 0 Å². The molecule has 4 aliphatic heterocycles. The molecule has 9 heteroatoms. The fourth-order valence-electron chi connectivity index (χ4n) is 10.6. The molecule has 8 rings (SSSR count). The van der Waals surface area contributed by atoms with Crippen LogP contribution in [0.5, 0.6) is 0 Å². The molecule has 1 saturated heterocycles. The lowest BCUT2D eigenvalue weighted by Crippen LogP contribution is -2.42. The molecule has 0 saturated carbocycles. The quantitative estimate of drug-likeness (QED) is 0.0665. The van der Waals surface area contributed by atoms with Gasteiger partial charge in [0, 0.05) is 54.0 Å². The molecular weight excluding hydrogens is 805 g/mol. The van der Waals surface area contributed by atoms with Crippen LogP contribution in [0.25, 0.3) is 0 Å². The Labute approximate surface area is 386 Å². The summed E-state index contributed by atoms with van der Waals surface area (Å²) in [5.41, 5.74) is 10.2. The Morgan fingerprint density at radius 3 is 2.23 bits per heavy atom. The molecule has 4 aromatic rings. The van der Waals surface area contributed by atoms with E-state index in [1.54, 1.807) is 11.0 Å². The van der Waals surface area contributed by atoms with Gasteiger partial charge < -0.3 is 15.5 Å². The van der Waals surface area contributed by atoms with Crippen LogP contribution in [-0.2, 0) is 20.4 Å². The average Bonchev–Trinajstić information content (AvgIpc) is 3.57. The maximum Gasteiger partial charge on any atom is 0.257 e. The molecule has 3 amide bonds. The van der Waals surface area contributed by atoms with Gasteiger partial charge in [0.2, 0.25) is 17.5 Å². The summed E-state index contributed by atoms with van der Waals surface area (Å²) in [4.78, 5) is 46.1. The van der Waals surface area contributed by atoms with Crippen LogP contribution in [0, 0.1) is 5.92 Å². The van der Waals surface area contributed by atoms with Crippen LogP contribution in [0.1, 0.15) is 107 Å². The number of benzene rings is 4. The number of carbonyl (C=O) groups is 3. The summed E-state index contributed by atoms with van der Waals surface area (Å²) < 4.78 is 2.31. The SMILES string of the molecule is C[N+]1=C(/C=C/C=C/C=C2/N(CCCCCC(=O)NCCCCC3CCN(CC(=O)N4c5ccccc5NC(=O)c5ccccc54)CC3)c3ccccc3C2(C)C)C(C)(C)c2ccccc21. The zero-order valence-electron chi connectivity index (χ0n) is 39.1. The fourth-order valence-corrected chi connectivity index (χ4v) is 10.6. The summed E-state index contributed by atoms with van der Waals surface area (Å²) >= 11 is 0. The van der Waals surface area contributed by atoms with Crippen LogP contribution in [0.4, 0.5) is 28.4 Å². The largest absolute Gasteiger partial charge is 0.356 e. The van der Waals surface area contributed by atoms with Crippen molar-refractivity contribution in [1.82, 2.24) is 10.2 Å². The summed E-state index contributed by atoms with van der Waals surface area (Å²) in [7, 11) is 2.16. The summed E-state index contributed by atoms with van der Waals surface area (Å²) in [5, 5.41) is 6.15. The monoisotopic (exact) mass is 872 g/mol. The maximum atomic E-state index is 13.9. The Balaban J connectivity index is 0.734. The fraction of sp³-hybridized carbons (Fsp3) is 0.393. The number of likely N-dealkylation sites (tertiary alicyclic amines) is 1. The number of para-hydroxylation sites is 5. The molecular formula is C56H67N6O3+. The van der Waals surface area contributed by atoms with E-state index in [-0.39, 0.29) is 28.6 Å². The van der Waals surface area contributed by atoms with Gasteiger partial charge in [-0.1, -0.05) is 112 Å². The lowest BCUT2D eigenvalue weighted by Gasteiger charge is -2.33. The van der Waals surface area contributed by atoms with Crippen molar-refractivity contribution in [2.45, 2.75) is 96.3 Å². The van der Waals surface area contributed by atoms with Gasteiger partial charge in [-0.05, 0) is 107 Å². The first kappa shape index (κ1) is 45.5. The first-order valence-corrected chi connectivity index (χ1v) is 23.9. The van der Waals surface area contributed by atoms with Crippen LogP contribution in [0.15, 0.2) is 133 Å². The molecule has 0 radical (unpaired) electrons. The zero-order valence-corrected chi connectivity index (χ0v) is 39.1. The van der Waals surface area contributed by atoms with Crippen LogP contribution in [0.3, 0.4) is 0 Å². The maximum absolute atomic E-state index is 13.9. The number of unbranched alkanes of at least 4 members (excludes halogenated alkanes) is 3. The summed E-state index contributed by atoms with van der Waals surface area (Å²) in [5.74, 6) is 0.542. The Morgan fingerprint density at radius 2 is 1.45 bits per heavy atom. The number of piperidine rings is 1. The van der Waals surface area contributed by atoms with E-state index in [0.717, 1.165) is 77.5 Å². The molecule has 0 aliphatic carbocycles. The number of fused-ring (bicyclic) bond motifs is 4. The number of anilines is 4. The minimum atomic E-state index is -0.206. The highest BCUT2D eigenvalue weighted by Gasteiger charge is 2.43. The molecule has 4 heterocycles. The highest BCUT2D eigenvalue weighted by molar-refractivity contribution is 6.18. The molecule has 0 aromatic heterocycles. The molecule has 9 nitrogen and oxygen atoms in total.